The van der Waals surface area contributed by atoms with Gasteiger partial charge in [0.15, 0.2) is 0 Å². The molecule has 1 saturated heterocycles. The Bertz CT molecular complexity index is 349. The molecule has 0 saturated carbocycles. The topological polar surface area (TPSA) is 68.8 Å². The van der Waals surface area contributed by atoms with Crippen LogP contribution < -0.4 is 10.6 Å². The molecule has 1 aromatic rings. The quantitative estimate of drug-likeness (QED) is 0.688. The first-order chi connectivity index (χ1) is 6.81. The van der Waals surface area contributed by atoms with Gasteiger partial charge in [0.1, 0.15) is 11.8 Å². The van der Waals surface area contributed by atoms with Gasteiger partial charge in [0.2, 0.25) is 0 Å². The third kappa shape index (κ3) is 1.59. The van der Waals surface area contributed by atoms with E-state index in [2.05, 4.69) is 16.0 Å². The number of hydrogen-bond acceptors (Lipinski definition) is 3. The molecule has 4 nitrogen and oxygen atoms in total. The second kappa shape index (κ2) is 3.72. The van der Waals surface area contributed by atoms with Gasteiger partial charge >= 0.3 is 0 Å². The molecule has 0 bridgehead atoms. The van der Waals surface area contributed by atoms with Gasteiger partial charge in [-0.3, -0.25) is 0 Å². The van der Waals surface area contributed by atoms with Gasteiger partial charge in [0.25, 0.3) is 0 Å². The zero-order chi connectivity index (χ0) is 9.97. The lowest BCUT2D eigenvalue weighted by molar-refractivity contribution is 0.506. The van der Waals surface area contributed by atoms with E-state index >= 15 is 0 Å². The Hall–Kier alpha value is -1.47. The zero-order valence-corrected chi connectivity index (χ0v) is 8.03. The summed E-state index contributed by atoms with van der Waals surface area (Å²) in [4.78, 5) is 5.11. The van der Waals surface area contributed by atoms with Crippen LogP contribution in [0.3, 0.4) is 0 Å². The minimum atomic E-state index is 0.241. The van der Waals surface area contributed by atoms with Gasteiger partial charge in [0, 0.05) is 25.3 Å². The van der Waals surface area contributed by atoms with Crippen LogP contribution in [0.2, 0.25) is 0 Å². The van der Waals surface area contributed by atoms with Crippen molar-refractivity contribution in [3.8, 4) is 6.07 Å². The maximum Gasteiger partial charge on any atom is 0.141 e. The van der Waals surface area contributed by atoms with E-state index in [1.807, 2.05) is 6.07 Å². The van der Waals surface area contributed by atoms with Crippen molar-refractivity contribution < 1.29 is 0 Å². The highest BCUT2D eigenvalue weighted by atomic mass is 15.2. The number of nitrogens with two attached hydrogens (primary N) is 1. The summed E-state index contributed by atoms with van der Waals surface area (Å²) in [6.45, 7) is 1.85. The van der Waals surface area contributed by atoms with Crippen molar-refractivity contribution in [3.05, 3.63) is 18.0 Å². The van der Waals surface area contributed by atoms with Crippen LogP contribution in [0.15, 0.2) is 12.3 Å². The molecular weight excluding hydrogens is 176 g/mol. The largest absolute Gasteiger partial charge is 0.368 e. The Balaban J connectivity index is 2.18. The number of rotatable bonds is 1. The Morgan fingerprint density at radius 1 is 1.64 bits per heavy atom. The van der Waals surface area contributed by atoms with Gasteiger partial charge in [-0.1, -0.05) is 0 Å². The lowest BCUT2D eigenvalue weighted by Crippen LogP contribution is -2.42. The SMILES string of the molecule is N#Cc1[nH]ccc1N1CCC[C@@H](N)C1. The minimum absolute atomic E-state index is 0.241. The molecule has 2 heterocycles. The predicted molar refractivity (Wildman–Crippen MR) is 54.9 cm³/mol. The molecule has 1 aromatic heterocycles. The lowest BCUT2D eigenvalue weighted by atomic mass is 10.1. The van der Waals surface area contributed by atoms with Crippen molar-refractivity contribution in [3.63, 3.8) is 0 Å². The molecule has 0 unspecified atom stereocenters. The van der Waals surface area contributed by atoms with Crippen LogP contribution in [0.25, 0.3) is 0 Å². The smallest absolute Gasteiger partial charge is 0.141 e. The number of hydrogen-bond donors (Lipinski definition) is 2. The average Bonchev–Trinajstić information content (AvgIpc) is 2.65. The van der Waals surface area contributed by atoms with Gasteiger partial charge in [-0.25, -0.2) is 0 Å². The maximum atomic E-state index is 8.86. The third-order valence-corrected chi connectivity index (χ3v) is 2.64. The molecule has 1 aliphatic heterocycles. The van der Waals surface area contributed by atoms with Crippen LogP contribution in [0.4, 0.5) is 5.69 Å². The second-order valence-electron chi connectivity index (χ2n) is 3.70. The standard InChI is InChI=1S/C10H14N4/c11-6-9-10(3-4-13-9)14-5-1-2-8(12)7-14/h3-4,8,13H,1-2,5,7,12H2/t8-/m1/s1. The molecule has 0 aliphatic carbocycles. The molecule has 4 heteroatoms. The molecule has 0 radical (unpaired) electrons. The summed E-state index contributed by atoms with van der Waals surface area (Å²) >= 11 is 0. The normalized spacial score (nSPS) is 22.0. The fourth-order valence-corrected chi connectivity index (χ4v) is 1.94. The van der Waals surface area contributed by atoms with Crippen LogP contribution in [0.1, 0.15) is 18.5 Å². The molecule has 74 valence electrons. The Kier molecular flexibility index (Phi) is 2.42. The van der Waals surface area contributed by atoms with Gasteiger partial charge in [-0.15, -0.1) is 0 Å². The second-order valence-corrected chi connectivity index (χ2v) is 3.70. The van der Waals surface area contributed by atoms with Gasteiger partial charge in [0.05, 0.1) is 5.69 Å². The summed E-state index contributed by atoms with van der Waals surface area (Å²) in [7, 11) is 0. The van der Waals surface area contributed by atoms with Crippen molar-refractivity contribution in [1.82, 2.24) is 4.98 Å². The minimum Gasteiger partial charge on any atom is -0.368 e. The Labute approximate surface area is 83.3 Å². The number of nitriles is 1. The maximum absolute atomic E-state index is 8.86. The van der Waals surface area contributed by atoms with Crippen molar-refractivity contribution in [2.75, 3.05) is 18.0 Å². The molecule has 0 amide bonds. The summed E-state index contributed by atoms with van der Waals surface area (Å²) in [5, 5.41) is 8.86. The van der Waals surface area contributed by atoms with E-state index in [0.29, 0.717) is 5.69 Å². The number of H-pyrrole nitrogens is 1. The molecule has 0 spiro atoms. The first kappa shape index (κ1) is 9.10. The van der Waals surface area contributed by atoms with Gasteiger partial charge in [-0.2, -0.15) is 5.26 Å². The van der Waals surface area contributed by atoms with Crippen molar-refractivity contribution in [1.29, 1.82) is 5.26 Å². The molecule has 1 fully saturated rings. The van der Waals surface area contributed by atoms with E-state index in [-0.39, 0.29) is 6.04 Å². The van der Waals surface area contributed by atoms with E-state index in [0.717, 1.165) is 31.6 Å². The highest BCUT2D eigenvalue weighted by Crippen LogP contribution is 2.22. The van der Waals surface area contributed by atoms with Crippen LogP contribution >= 0.6 is 0 Å². The molecule has 14 heavy (non-hydrogen) atoms. The van der Waals surface area contributed by atoms with E-state index < -0.39 is 0 Å². The molecular formula is C10H14N4. The molecule has 1 atom stereocenters. The van der Waals surface area contributed by atoms with Gasteiger partial charge < -0.3 is 15.6 Å². The molecule has 2 rings (SSSR count). The monoisotopic (exact) mass is 190 g/mol. The molecule has 1 aliphatic rings. The number of aromatic nitrogens is 1. The van der Waals surface area contributed by atoms with E-state index in [9.17, 15) is 0 Å². The summed E-state index contributed by atoms with van der Waals surface area (Å²) in [5.41, 5.74) is 7.51. The van der Waals surface area contributed by atoms with Crippen molar-refractivity contribution >= 4 is 5.69 Å². The third-order valence-electron chi connectivity index (χ3n) is 2.64. The zero-order valence-electron chi connectivity index (χ0n) is 8.03. The fourth-order valence-electron chi connectivity index (χ4n) is 1.94. The number of piperidine rings is 1. The summed E-state index contributed by atoms with van der Waals surface area (Å²) < 4.78 is 0. The highest BCUT2D eigenvalue weighted by molar-refractivity contribution is 5.56. The number of aromatic amines is 1. The molecule has 3 N–H and O–H groups in total. The number of nitrogens with one attached hydrogen (secondary N) is 1. The van der Waals surface area contributed by atoms with Crippen LogP contribution in [-0.4, -0.2) is 24.1 Å². The number of anilines is 1. The number of nitrogens with zero attached hydrogens (tertiary/aromatic N) is 2. The average molecular weight is 190 g/mol. The van der Waals surface area contributed by atoms with E-state index in [1.54, 1.807) is 6.20 Å². The van der Waals surface area contributed by atoms with E-state index in [4.69, 9.17) is 11.0 Å². The predicted octanol–water partition coefficient (Wildman–Crippen LogP) is 0.814. The summed E-state index contributed by atoms with van der Waals surface area (Å²) in [5.74, 6) is 0. The first-order valence-corrected chi connectivity index (χ1v) is 4.89. The Morgan fingerprint density at radius 3 is 3.21 bits per heavy atom. The van der Waals surface area contributed by atoms with Crippen molar-refractivity contribution in [2.45, 2.75) is 18.9 Å². The Morgan fingerprint density at radius 2 is 2.50 bits per heavy atom. The lowest BCUT2D eigenvalue weighted by Gasteiger charge is -2.31. The molecule has 0 aromatic carbocycles. The van der Waals surface area contributed by atoms with Crippen molar-refractivity contribution in [2.24, 2.45) is 5.73 Å². The fraction of sp³-hybridized carbons (Fsp3) is 0.500. The van der Waals surface area contributed by atoms with Crippen LogP contribution in [-0.2, 0) is 0 Å². The highest BCUT2D eigenvalue weighted by Gasteiger charge is 2.19. The first-order valence-electron chi connectivity index (χ1n) is 4.89. The summed E-state index contributed by atoms with van der Waals surface area (Å²) in [6, 6.07) is 4.33. The van der Waals surface area contributed by atoms with Gasteiger partial charge in [-0.05, 0) is 18.9 Å². The van der Waals surface area contributed by atoms with Crippen LogP contribution in [0.5, 0.6) is 0 Å². The van der Waals surface area contributed by atoms with E-state index in [1.165, 1.54) is 0 Å². The summed E-state index contributed by atoms with van der Waals surface area (Å²) in [6.07, 6.45) is 3.99. The van der Waals surface area contributed by atoms with Crippen LogP contribution in [0, 0.1) is 11.3 Å².